The maximum absolute atomic E-state index is 2.39. The SMILES string of the molecule is C1=CCC(c2ccc3c(c2)CC2=C3CC=C2)=C1. The van der Waals surface area contributed by atoms with Crippen molar-refractivity contribution in [2.24, 2.45) is 0 Å². The molecule has 1 aromatic rings. The Morgan fingerprint density at radius 3 is 2.88 bits per heavy atom. The van der Waals surface area contributed by atoms with Gasteiger partial charge in [0.1, 0.15) is 0 Å². The molecule has 0 aliphatic heterocycles. The van der Waals surface area contributed by atoms with Crippen molar-refractivity contribution >= 4 is 11.1 Å². The third-order valence-corrected chi connectivity index (χ3v) is 3.98. The number of allylic oxidation sites excluding steroid dienone is 8. The lowest BCUT2D eigenvalue weighted by molar-refractivity contribution is 1.24. The summed E-state index contributed by atoms with van der Waals surface area (Å²) in [6.45, 7) is 0. The molecule has 0 radical (unpaired) electrons. The Morgan fingerprint density at radius 2 is 2.00 bits per heavy atom. The van der Waals surface area contributed by atoms with Crippen molar-refractivity contribution < 1.29 is 0 Å². The molecule has 3 aliphatic carbocycles. The van der Waals surface area contributed by atoms with Crippen LogP contribution in [0.3, 0.4) is 0 Å². The molecule has 0 aromatic heterocycles. The average molecular weight is 218 g/mol. The predicted molar refractivity (Wildman–Crippen MR) is 72.6 cm³/mol. The van der Waals surface area contributed by atoms with E-state index in [-0.39, 0.29) is 0 Å². The summed E-state index contributed by atoms with van der Waals surface area (Å²) in [5, 5.41) is 0. The number of benzene rings is 1. The lowest BCUT2D eigenvalue weighted by Crippen LogP contribution is -1.89. The Morgan fingerprint density at radius 1 is 1.00 bits per heavy atom. The monoisotopic (exact) mass is 218 g/mol. The van der Waals surface area contributed by atoms with Crippen molar-refractivity contribution in [1.82, 2.24) is 0 Å². The summed E-state index contributed by atoms with van der Waals surface area (Å²) in [5.41, 5.74) is 8.96. The smallest absolute Gasteiger partial charge is 0.00166 e. The largest absolute Gasteiger partial charge is 0.0801 e. The van der Waals surface area contributed by atoms with Crippen LogP contribution in [-0.4, -0.2) is 0 Å². The fourth-order valence-electron chi connectivity index (χ4n) is 3.10. The molecular weight excluding hydrogens is 204 g/mol. The van der Waals surface area contributed by atoms with Gasteiger partial charge in [0.05, 0.1) is 0 Å². The quantitative estimate of drug-likeness (QED) is 0.659. The van der Waals surface area contributed by atoms with Crippen LogP contribution in [0, 0.1) is 0 Å². The van der Waals surface area contributed by atoms with Gasteiger partial charge in [0.25, 0.3) is 0 Å². The van der Waals surface area contributed by atoms with Crippen LogP contribution >= 0.6 is 0 Å². The molecule has 3 aliphatic rings. The van der Waals surface area contributed by atoms with E-state index in [1.807, 2.05) is 0 Å². The highest BCUT2D eigenvalue weighted by atomic mass is 14.3. The second-order valence-electron chi connectivity index (χ2n) is 4.98. The number of hydrogen-bond acceptors (Lipinski definition) is 0. The molecule has 0 saturated carbocycles. The van der Waals surface area contributed by atoms with Crippen LogP contribution < -0.4 is 0 Å². The summed E-state index contributed by atoms with van der Waals surface area (Å²) in [5.74, 6) is 0. The standard InChI is InChI=1S/C17H14/c1-2-5-12(4-1)13-8-9-17-15(10-13)11-14-6-3-7-16(14)17/h1-4,6,8-10H,5,7,11H2. The zero-order valence-corrected chi connectivity index (χ0v) is 9.74. The molecule has 0 heterocycles. The van der Waals surface area contributed by atoms with Gasteiger partial charge in [0.2, 0.25) is 0 Å². The molecule has 0 nitrogen and oxygen atoms in total. The van der Waals surface area contributed by atoms with Crippen LogP contribution in [0.5, 0.6) is 0 Å². The molecule has 0 heteroatoms. The third-order valence-electron chi connectivity index (χ3n) is 3.98. The van der Waals surface area contributed by atoms with Crippen molar-refractivity contribution in [3.8, 4) is 0 Å². The Kier molecular flexibility index (Phi) is 1.81. The summed E-state index contributed by atoms with van der Waals surface area (Å²) in [7, 11) is 0. The fourth-order valence-corrected chi connectivity index (χ4v) is 3.10. The molecule has 0 unspecified atom stereocenters. The Labute approximate surface area is 102 Å². The first-order valence-electron chi connectivity index (χ1n) is 6.30. The average Bonchev–Trinajstić information content (AvgIpc) is 3.04. The van der Waals surface area contributed by atoms with E-state index in [2.05, 4.69) is 48.6 Å². The molecule has 0 atom stereocenters. The molecular formula is C17H14. The number of fused-ring (bicyclic) bond motifs is 2. The molecule has 4 rings (SSSR count). The maximum atomic E-state index is 2.39. The fraction of sp³-hybridized carbons (Fsp3) is 0.176. The minimum Gasteiger partial charge on any atom is -0.0801 e. The second-order valence-corrected chi connectivity index (χ2v) is 4.98. The van der Waals surface area contributed by atoms with Crippen molar-refractivity contribution in [3.05, 3.63) is 70.8 Å². The molecule has 82 valence electrons. The first-order chi connectivity index (χ1) is 8.42. The lowest BCUT2D eigenvalue weighted by atomic mass is 9.97. The molecule has 0 fully saturated rings. The lowest BCUT2D eigenvalue weighted by Gasteiger charge is -2.07. The van der Waals surface area contributed by atoms with Crippen molar-refractivity contribution in [3.63, 3.8) is 0 Å². The molecule has 0 amide bonds. The topological polar surface area (TPSA) is 0 Å². The van der Waals surface area contributed by atoms with Gasteiger partial charge in [0.15, 0.2) is 0 Å². The Bertz CT molecular complexity index is 621. The zero-order chi connectivity index (χ0) is 11.2. The van der Waals surface area contributed by atoms with E-state index < -0.39 is 0 Å². The van der Waals surface area contributed by atoms with Gasteiger partial charge < -0.3 is 0 Å². The number of hydrogen-bond donors (Lipinski definition) is 0. The van der Waals surface area contributed by atoms with Crippen LogP contribution in [0.2, 0.25) is 0 Å². The van der Waals surface area contributed by atoms with Crippen molar-refractivity contribution in [2.45, 2.75) is 19.3 Å². The van der Waals surface area contributed by atoms with E-state index in [0.717, 1.165) is 19.3 Å². The van der Waals surface area contributed by atoms with E-state index in [9.17, 15) is 0 Å². The highest BCUT2D eigenvalue weighted by Crippen LogP contribution is 2.40. The van der Waals surface area contributed by atoms with Gasteiger partial charge in [0, 0.05) is 0 Å². The van der Waals surface area contributed by atoms with Gasteiger partial charge >= 0.3 is 0 Å². The molecule has 17 heavy (non-hydrogen) atoms. The van der Waals surface area contributed by atoms with Gasteiger partial charge in [-0.05, 0) is 52.7 Å². The van der Waals surface area contributed by atoms with E-state index in [1.54, 1.807) is 5.57 Å². The van der Waals surface area contributed by atoms with Gasteiger partial charge in [-0.3, -0.25) is 0 Å². The van der Waals surface area contributed by atoms with Crippen LogP contribution in [0.15, 0.2) is 54.2 Å². The summed E-state index contributed by atoms with van der Waals surface area (Å²) >= 11 is 0. The highest BCUT2D eigenvalue weighted by molar-refractivity contribution is 5.83. The summed E-state index contributed by atoms with van der Waals surface area (Å²) < 4.78 is 0. The van der Waals surface area contributed by atoms with Gasteiger partial charge in [-0.25, -0.2) is 0 Å². The minimum atomic E-state index is 1.09. The van der Waals surface area contributed by atoms with Crippen LogP contribution in [0.1, 0.15) is 29.5 Å². The highest BCUT2D eigenvalue weighted by Gasteiger charge is 2.22. The summed E-state index contributed by atoms with van der Waals surface area (Å²) in [4.78, 5) is 0. The van der Waals surface area contributed by atoms with E-state index in [0.29, 0.717) is 0 Å². The molecule has 0 spiro atoms. The number of rotatable bonds is 1. The van der Waals surface area contributed by atoms with Crippen LogP contribution in [-0.2, 0) is 6.42 Å². The van der Waals surface area contributed by atoms with Gasteiger partial charge in [-0.15, -0.1) is 0 Å². The predicted octanol–water partition coefficient (Wildman–Crippen LogP) is 4.30. The molecule has 1 aromatic carbocycles. The Hall–Kier alpha value is -1.82. The Balaban J connectivity index is 1.76. The molecule has 0 N–H and O–H groups in total. The normalized spacial score (nSPS) is 19.9. The first-order valence-corrected chi connectivity index (χ1v) is 6.30. The van der Waals surface area contributed by atoms with Gasteiger partial charge in [-0.2, -0.15) is 0 Å². The van der Waals surface area contributed by atoms with E-state index >= 15 is 0 Å². The van der Waals surface area contributed by atoms with Crippen LogP contribution in [0.4, 0.5) is 0 Å². The van der Waals surface area contributed by atoms with E-state index in [1.165, 1.54) is 27.8 Å². The zero-order valence-electron chi connectivity index (χ0n) is 9.74. The van der Waals surface area contributed by atoms with Crippen molar-refractivity contribution in [2.75, 3.05) is 0 Å². The van der Waals surface area contributed by atoms with E-state index in [4.69, 9.17) is 0 Å². The van der Waals surface area contributed by atoms with Crippen molar-refractivity contribution in [1.29, 1.82) is 0 Å². The molecule has 0 bridgehead atoms. The molecule has 0 saturated heterocycles. The van der Waals surface area contributed by atoms with Crippen LogP contribution in [0.25, 0.3) is 11.1 Å². The van der Waals surface area contributed by atoms with Gasteiger partial charge in [-0.1, -0.05) is 48.6 Å². The maximum Gasteiger partial charge on any atom is -0.00166 e. The summed E-state index contributed by atoms with van der Waals surface area (Å²) in [6, 6.07) is 6.99. The second kappa shape index (κ2) is 3.33. The summed E-state index contributed by atoms with van der Waals surface area (Å²) in [6.07, 6.45) is 14.6. The first kappa shape index (κ1) is 9.23. The minimum absolute atomic E-state index is 1.09. The third kappa shape index (κ3) is 1.30.